The van der Waals surface area contributed by atoms with Crippen LogP contribution in [0.2, 0.25) is 10.0 Å². The molecule has 0 bridgehead atoms. The average molecular weight is 356 g/mol. The zero-order chi connectivity index (χ0) is 15.9. The lowest BCUT2D eigenvalue weighted by atomic mass is 10.2. The van der Waals surface area contributed by atoms with Crippen molar-refractivity contribution in [2.24, 2.45) is 7.05 Å². The van der Waals surface area contributed by atoms with E-state index in [9.17, 15) is 8.42 Å². The van der Waals surface area contributed by atoms with E-state index in [1.165, 1.54) is 18.2 Å². The van der Waals surface area contributed by atoms with Gasteiger partial charge >= 0.3 is 0 Å². The Bertz CT molecular complexity index is 967. The number of nitrogens with zero attached hydrogens (tertiary/aromatic N) is 2. The number of aromatic nitrogens is 2. The van der Waals surface area contributed by atoms with E-state index < -0.39 is 10.0 Å². The first-order valence-electron chi connectivity index (χ1n) is 6.28. The molecular formula is C14H11Cl2N3O2S. The second-order valence-corrected chi connectivity index (χ2v) is 7.10. The summed E-state index contributed by atoms with van der Waals surface area (Å²) in [4.78, 5) is -0.0671. The van der Waals surface area contributed by atoms with Crippen molar-refractivity contribution < 1.29 is 8.42 Å². The van der Waals surface area contributed by atoms with Crippen LogP contribution in [0.25, 0.3) is 10.9 Å². The number of rotatable bonds is 3. The molecule has 0 aliphatic rings. The van der Waals surface area contributed by atoms with E-state index in [1.807, 2.05) is 6.07 Å². The average Bonchev–Trinajstić information content (AvgIpc) is 2.84. The predicted molar refractivity (Wildman–Crippen MR) is 88.0 cm³/mol. The molecule has 22 heavy (non-hydrogen) atoms. The molecule has 0 spiro atoms. The van der Waals surface area contributed by atoms with Gasteiger partial charge in [-0.05, 0) is 24.3 Å². The molecule has 0 fully saturated rings. The highest BCUT2D eigenvalue weighted by Crippen LogP contribution is 2.31. The minimum Gasteiger partial charge on any atom is -0.279 e. The second-order valence-electron chi connectivity index (χ2n) is 4.66. The van der Waals surface area contributed by atoms with Gasteiger partial charge in [0.2, 0.25) is 0 Å². The highest BCUT2D eigenvalue weighted by Gasteiger charge is 2.20. The minimum atomic E-state index is -3.85. The van der Waals surface area contributed by atoms with Gasteiger partial charge in [-0.1, -0.05) is 35.3 Å². The van der Waals surface area contributed by atoms with Crippen LogP contribution in [-0.2, 0) is 17.1 Å². The Balaban J connectivity index is 2.09. The normalized spacial score (nSPS) is 11.8. The molecule has 114 valence electrons. The van der Waals surface area contributed by atoms with Crippen LogP contribution in [0.3, 0.4) is 0 Å². The Hall–Kier alpha value is -1.76. The van der Waals surface area contributed by atoms with Crippen molar-refractivity contribution in [1.29, 1.82) is 0 Å². The van der Waals surface area contributed by atoms with Crippen LogP contribution in [0.15, 0.2) is 47.5 Å². The number of fused-ring (bicyclic) bond motifs is 1. The Morgan fingerprint density at radius 2 is 1.86 bits per heavy atom. The molecule has 0 aliphatic heterocycles. The number of halogens is 2. The minimum absolute atomic E-state index is 0.00460. The van der Waals surface area contributed by atoms with Crippen LogP contribution in [-0.4, -0.2) is 18.2 Å². The van der Waals surface area contributed by atoms with E-state index in [1.54, 1.807) is 30.1 Å². The summed E-state index contributed by atoms with van der Waals surface area (Å²) in [6.07, 6.45) is 1.60. The maximum atomic E-state index is 12.5. The van der Waals surface area contributed by atoms with Gasteiger partial charge in [-0.3, -0.25) is 9.40 Å². The molecule has 2 aromatic carbocycles. The largest absolute Gasteiger partial charge is 0.279 e. The highest BCUT2D eigenvalue weighted by atomic mass is 35.5. The van der Waals surface area contributed by atoms with Gasteiger partial charge in [0.05, 0.1) is 27.4 Å². The highest BCUT2D eigenvalue weighted by molar-refractivity contribution is 7.92. The number of hydrogen-bond acceptors (Lipinski definition) is 3. The fourth-order valence-corrected chi connectivity index (χ4v) is 4.00. The summed E-state index contributed by atoms with van der Waals surface area (Å²) < 4.78 is 29.3. The second kappa shape index (κ2) is 5.46. The molecule has 0 aliphatic carbocycles. The van der Waals surface area contributed by atoms with Crippen LogP contribution < -0.4 is 4.72 Å². The number of nitrogens with one attached hydrogen (secondary N) is 1. The van der Waals surface area contributed by atoms with E-state index in [0.717, 1.165) is 5.52 Å². The van der Waals surface area contributed by atoms with Gasteiger partial charge in [0.1, 0.15) is 4.90 Å². The van der Waals surface area contributed by atoms with Crippen molar-refractivity contribution in [2.75, 3.05) is 4.72 Å². The molecule has 0 saturated heterocycles. The lowest BCUT2D eigenvalue weighted by Crippen LogP contribution is -2.13. The van der Waals surface area contributed by atoms with E-state index in [4.69, 9.17) is 23.2 Å². The van der Waals surface area contributed by atoms with Gasteiger partial charge in [0.15, 0.2) is 0 Å². The van der Waals surface area contributed by atoms with Gasteiger partial charge in [-0.2, -0.15) is 5.10 Å². The Morgan fingerprint density at radius 1 is 1.14 bits per heavy atom. The van der Waals surface area contributed by atoms with E-state index in [-0.39, 0.29) is 14.9 Å². The Kier molecular flexibility index (Phi) is 3.76. The first-order valence-corrected chi connectivity index (χ1v) is 8.51. The maximum absolute atomic E-state index is 12.5. The fourth-order valence-electron chi connectivity index (χ4n) is 2.16. The summed E-state index contributed by atoms with van der Waals surface area (Å²) >= 11 is 11.9. The quantitative estimate of drug-likeness (QED) is 0.779. The zero-order valence-electron chi connectivity index (χ0n) is 11.4. The van der Waals surface area contributed by atoms with E-state index in [2.05, 4.69) is 9.82 Å². The van der Waals surface area contributed by atoms with Crippen molar-refractivity contribution in [2.45, 2.75) is 4.90 Å². The van der Waals surface area contributed by atoms with Gasteiger partial charge in [0.25, 0.3) is 10.0 Å². The number of sulfonamides is 1. The first-order chi connectivity index (χ1) is 10.4. The van der Waals surface area contributed by atoms with Gasteiger partial charge in [-0.15, -0.1) is 0 Å². The van der Waals surface area contributed by atoms with E-state index in [0.29, 0.717) is 11.1 Å². The maximum Gasteiger partial charge on any atom is 0.263 e. The molecule has 1 N–H and O–H groups in total. The summed E-state index contributed by atoms with van der Waals surface area (Å²) in [5.74, 6) is 0. The van der Waals surface area contributed by atoms with Crippen molar-refractivity contribution in [3.63, 3.8) is 0 Å². The van der Waals surface area contributed by atoms with Crippen LogP contribution in [0, 0.1) is 0 Å². The Labute approximate surface area is 137 Å². The third-order valence-electron chi connectivity index (χ3n) is 3.24. The summed E-state index contributed by atoms with van der Waals surface area (Å²) in [5, 5.41) is 5.01. The zero-order valence-corrected chi connectivity index (χ0v) is 13.7. The predicted octanol–water partition coefficient (Wildman–Crippen LogP) is 3.68. The van der Waals surface area contributed by atoms with Crippen molar-refractivity contribution in [1.82, 2.24) is 9.78 Å². The summed E-state index contributed by atoms with van der Waals surface area (Å²) in [7, 11) is -2.07. The molecule has 1 aromatic heterocycles. The molecule has 0 amide bonds. The molecule has 3 aromatic rings. The summed E-state index contributed by atoms with van der Waals surface area (Å²) in [6, 6.07) is 9.74. The molecule has 3 rings (SSSR count). The van der Waals surface area contributed by atoms with Gasteiger partial charge < -0.3 is 0 Å². The molecular weight excluding hydrogens is 345 g/mol. The lowest BCUT2D eigenvalue weighted by Gasteiger charge is -2.11. The van der Waals surface area contributed by atoms with Crippen molar-refractivity contribution in [3.8, 4) is 0 Å². The van der Waals surface area contributed by atoms with Crippen LogP contribution in [0.4, 0.5) is 5.69 Å². The van der Waals surface area contributed by atoms with Crippen LogP contribution in [0.5, 0.6) is 0 Å². The standard InChI is InChI=1S/C14H11Cl2N3O2S/c1-19-12-6-3-5-11(9(12)8-17-19)18-22(20,21)13-7-2-4-10(15)14(13)16/h2-8,18H,1H3. The molecule has 8 heteroatoms. The topological polar surface area (TPSA) is 64.0 Å². The van der Waals surface area contributed by atoms with Crippen LogP contribution in [0.1, 0.15) is 0 Å². The number of aryl methyl sites for hydroxylation is 1. The smallest absolute Gasteiger partial charge is 0.263 e. The summed E-state index contributed by atoms with van der Waals surface area (Å²) in [5.41, 5.74) is 1.25. The lowest BCUT2D eigenvalue weighted by molar-refractivity contribution is 0.601. The third kappa shape index (κ3) is 2.54. The number of hydrogen-bond donors (Lipinski definition) is 1. The molecule has 0 unspecified atom stereocenters. The number of benzene rings is 2. The summed E-state index contributed by atoms with van der Waals surface area (Å²) in [6.45, 7) is 0. The van der Waals surface area contributed by atoms with Gasteiger partial charge in [-0.25, -0.2) is 8.42 Å². The fraction of sp³-hybridized carbons (Fsp3) is 0.0714. The Morgan fingerprint density at radius 3 is 2.64 bits per heavy atom. The SMILES string of the molecule is Cn1ncc2c(NS(=O)(=O)c3cccc(Cl)c3Cl)cccc21. The van der Waals surface area contributed by atoms with Crippen molar-refractivity contribution >= 4 is 49.8 Å². The number of anilines is 1. The van der Waals surface area contributed by atoms with Crippen molar-refractivity contribution in [3.05, 3.63) is 52.6 Å². The molecule has 5 nitrogen and oxygen atoms in total. The van der Waals surface area contributed by atoms with E-state index >= 15 is 0 Å². The molecule has 1 heterocycles. The molecule has 0 saturated carbocycles. The monoisotopic (exact) mass is 355 g/mol. The first kappa shape index (κ1) is 15.1. The van der Waals surface area contributed by atoms with Gasteiger partial charge in [0, 0.05) is 12.4 Å². The van der Waals surface area contributed by atoms with Crippen LogP contribution >= 0.6 is 23.2 Å². The third-order valence-corrected chi connectivity index (χ3v) is 5.58. The molecule has 0 radical (unpaired) electrons. The molecule has 0 atom stereocenters.